The summed E-state index contributed by atoms with van der Waals surface area (Å²) in [5.41, 5.74) is 1.90. The van der Waals surface area contributed by atoms with Gasteiger partial charge in [0.1, 0.15) is 0 Å². The van der Waals surface area contributed by atoms with Gasteiger partial charge in [0, 0.05) is 31.4 Å². The summed E-state index contributed by atoms with van der Waals surface area (Å²) in [4.78, 5) is 25.9. The summed E-state index contributed by atoms with van der Waals surface area (Å²) in [6.07, 6.45) is 4.16. The molecule has 1 heterocycles. The molecule has 0 saturated carbocycles. The number of amides is 2. The molecule has 0 aliphatic heterocycles. The zero-order valence-electron chi connectivity index (χ0n) is 11.7. The number of pyridine rings is 1. The van der Waals surface area contributed by atoms with Crippen molar-refractivity contribution in [1.29, 1.82) is 0 Å². The van der Waals surface area contributed by atoms with Gasteiger partial charge in [-0.3, -0.25) is 9.78 Å². The summed E-state index contributed by atoms with van der Waals surface area (Å²) in [6, 6.07) is 3.61. The summed E-state index contributed by atoms with van der Waals surface area (Å²) in [6.45, 7) is 2.91. The number of nitrogens with zero attached hydrogens (tertiary/aromatic N) is 1. The van der Waals surface area contributed by atoms with Crippen LogP contribution in [0.25, 0.3) is 0 Å². The fourth-order valence-electron chi connectivity index (χ4n) is 1.63. The number of carbonyl (C=O) groups is 2. The van der Waals surface area contributed by atoms with E-state index in [0.717, 1.165) is 24.1 Å². The predicted molar refractivity (Wildman–Crippen MR) is 75.3 cm³/mol. The monoisotopic (exact) mass is 279 g/mol. The molecule has 6 nitrogen and oxygen atoms in total. The number of hydrogen-bond acceptors (Lipinski definition) is 3. The number of aliphatic carboxylic acids is 1. The Kier molecular flexibility index (Phi) is 7.10. The number of carboxylic acids is 1. The fraction of sp³-hybridized carbons (Fsp3) is 0.500. The summed E-state index contributed by atoms with van der Waals surface area (Å²) in [5.74, 6) is -0.776. The second-order valence-corrected chi connectivity index (χ2v) is 4.62. The van der Waals surface area contributed by atoms with Crippen LogP contribution in [-0.4, -0.2) is 28.6 Å². The van der Waals surface area contributed by atoms with E-state index in [-0.39, 0.29) is 12.5 Å². The van der Waals surface area contributed by atoms with Gasteiger partial charge in [-0.2, -0.15) is 0 Å². The van der Waals surface area contributed by atoms with Gasteiger partial charge in [-0.05, 0) is 31.4 Å². The van der Waals surface area contributed by atoms with Crippen molar-refractivity contribution in [3.63, 3.8) is 0 Å². The zero-order chi connectivity index (χ0) is 14.8. The molecule has 110 valence electrons. The van der Waals surface area contributed by atoms with Gasteiger partial charge in [0.15, 0.2) is 0 Å². The molecular formula is C14H21N3O3. The van der Waals surface area contributed by atoms with Crippen LogP contribution in [0.15, 0.2) is 18.3 Å². The molecule has 1 rings (SSSR count). The van der Waals surface area contributed by atoms with E-state index in [1.165, 1.54) is 0 Å². The third kappa shape index (κ3) is 7.35. The van der Waals surface area contributed by atoms with Gasteiger partial charge in [-0.1, -0.05) is 12.5 Å². The van der Waals surface area contributed by atoms with E-state index in [9.17, 15) is 9.59 Å². The van der Waals surface area contributed by atoms with Crippen LogP contribution >= 0.6 is 0 Å². The highest BCUT2D eigenvalue weighted by atomic mass is 16.4. The van der Waals surface area contributed by atoms with Crippen LogP contribution in [0, 0.1) is 6.92 Å². The van der Waals surface area contributed by atoms with E-state index in [4.69, 9.17) is 5.11 Å². The average molecular weight is 279 g/mol. The third-order valence-corrected chi connectivity index (χ3v) is 2.78. The number of hydrogen-bond donors (Lipinski definition) is 3. The molecule has 0 aliphatic rings. The number of aryl methyl sites for hydroxylation is 1. The summed E-state index contributed by atoms with van der Waals surface area (Å²) < 4.78 is 0. The Bertz CT molecular complexity index is 432. The summed E-state index contributed by atoms with van der Waals surface area (Å²) >= 11 is 0. The van der Waals surface area contributed by atoms with Crippen molar-refractivity contribution in [3.05, 3.63) is 29.6 Å². The molecule has 6 heteroatoms. The van der Waals surface area contributed by atoms with Crippen molar-refractivity contribution in [3.8, 4) is 0 Å². The molecule has 2 amide bonds. The van der Waals surface area contributed by atoms with Crippen LogP contribution in [-0.2, 0) is 11.3 Å². The van der Waals surface area contributed by atoms with E-state index >= 15 is 0 Å². The van der Waals surface area contributed by atoms with E-state index in [1.807, 2.05) is 19.1 Å². The second kappa shape index (κ2) is 8.90. The van der Waals surface area contributed by atoms with E-state index in [1.54, 1.807) is 6.20 Å². The number of rotatable bonds is 8. The van der Waals surface area contributed by atoms with Gasteiger partial charge < -0.3 is 15.7 Å². The molecule has 0 unspecified atom stereocenters. The van der Waals surface area contributed by atoms with Crippen LogP contribution in [0.1, 0.15) is 36.9 Å². The first kappa shape index (κ1) is 15.9. The highest BCUT2D eigenvalue weighted by Crippen LogP contribution is 1.99. The van der Waals surface area contributed by atoms with Crippen molar-refractivity contribution in [2.24, 2.45) is 0 Å². The number of nitrogens with one attached hydrogen (secondary N) is 2. The van der Waals surface area contributed by atoms with Gasteiger partial charge in [-0.15, -0.1) is 0 Å². The Morgan fingerprint density at radius 2 is 2.00 bits per heavy atom. The lowest BCUT2D eigenvalue weighted by atomic mass is 10.2. The van der Waals surface area contributed by atoms with Crippen molar-refractivity contribution >= 4 is 12.0 Å². The molecular weight excluding hydrogens is 258 g/mol. The maximum absolute atomic E-state index is 11.5. The Morgan fingerprint density at radius 1 is 1.20 bits per heavy atom. The molecule has 0 spiro atoms. The predicted octanol–water partition coefficient (Wildman–Crippen LogP) is 1.83. The normalized spacial score (nSPS) is 10.1. The molecule has 0 aliphatic carbocycles. The minimum atomic E-state index is -0.776. The van der Waals surface area contributed by atoms with Crippen LogP contribution in [0.5, 0.6) is 0 Å². The second-order valence-electron chi connectivity index (χ2n) is 4.62. The summed E-state index contributed by atoms with van der Waals surface area (Å²) in [7, 11) is 0. The smallest absolute Gasteiger partial charge is 0.315 e. The maximum atomic E-state index is 11.5. The molecule has 0 atom stereocenters. The standard InChI is InChI=1S/C14H21N3O3/c1-11-6-7-12(9-16-11)10-17-14(20)15-8-4-2-3-5-13(18)19/h6-7,9H,2-5,8,10H2,1H3,(H,18,19)(H2,15,17,20). The first-order valence-corrected chi connectivity index (χ1v) is 6.73. The Balaban J connectivity index is 2.06. The maximum Gasteiger partial charge on any atom is 0.315 e. The lowest BCUT2D eigenvalue weighted by molar-refractivity contribution is -0.137. The van der Waals surface area contributed by atoms with E-state index in [2.05, 4.69) is 15.6 Å². The molecule has 0 fully saturated rings. The fourth-order valence-corrected chi connectivity index (χ4v) is 1.63. The first-order chi connectivity index (χ1) is 9.58. The van der Waals surface area contributed by atoms with Crippen molar-refractivity contribution in [1.82, 2.24) is 15.6 Å². The van der Waals surface area contributed by atoms with Crippen LogP contribution in [0.3, 0.4) is 0 Å². The largest absolute Gasteiger partial charge is 0.481 e. The van der Waals surface area contributed by atoms with Crippen LogP contribution in [0.4, 0.5) is 4.79 Å². The van der Waals surface area contributed by atoms with E-state index in [0.29, 0.717) is 19.5 Å². The molecule has 0 radical (unpaired) electrons. The Labute approximate surface area is 118 Å². The number of urea groups is 1. The highest BCUT2D eigenvalue weighted by molar-refractivity contribution is 5.73. The third-order valence-electron chi connectivity index (χ3n) is 2.78. The number of carbonyl (C=O) groups excluding carboxylic acids is 1. The molecule has 1 aromatic heterocycles. The minimum Gasteiger partial charge on any atom is -0.481 e. The number of unbranched alkanes of at least 4 members (excludes halogenated alkanes) is 2. The molecule has 0 aromatic carbocycles. The van der Waals surface area contributed by atoms with E-state index < -0.39 is 5.97 Å². The minimum absolute atomic E-state index is 0.187. The zero-order valence-corrected chi connectivity index (χ0v) is 11.7. The molecule has 20 heavy (non-hydrogen) atoms. The van der Waals surface area contributed by atoms with Crippen molar-refractivity contribution < 1.29 is 14.7 Å². The first-order valence-electron chi connectivity index (χ1n) is 6.73. The topological polar surface area (TPSA) is 91.3 Å². The Morgan fingerprint density at radius 3 is 2.65 bits per heavy atom. The van der Waals surface area contributed by atoms with Crippen LogP contribution in [0.2, 0.25) is 0 Å². The lowest BCUT2D eigenvalue weighted by Crippen LogP contribution is -2.35. The Hall–Kier alpha value is -2.11. The van der Waals surface area contributed by atoms with Gasteiger partial charge in [0.25, 0.3) is 0 Å². The van der Waals surface area contributed by atoms with Crippen molar-refractivity contribution in [2.75, 3.05) is 6.54 Å². The van der Waals surface area contributed by atoms with Gasteiger partial charge in [-0.25, -0.2) is 4.79 Å². The average Bonchev–Trinajstić information content (AvgIpc) is 2.41. The highest BCUT2D eigenvalue weighted by Gasteiger charge is 2.01. The van der Waals surface area contributed by atoms with Gasteiger partial charge in [0.2, 0.25) is 0 Å². The van der Waals surface area contributed by atoms with Gasteiger partial charge in [0.05, 0.1) is 0 Å². The summed E-state index contributed by atoms with van der Waals surface area (Å²) in [5, 5.41) is 13.9. The molecule has 0 bridgehead atoms. The molecule has 3 N–H and O–H groups in total. The quantitative estimate of drug-likeness (QED) is 0.633. The lowest BCUT2D eigenvalue weighted by Gasteiger charge is -2.07. The molecule has 1 aromatic rings. The SMILES string of the molecule is Cc1ccc(CNC(=O)NCCCCCC(=O)O)cn1. The van der Waals surface area contributed by atoms with Crippen LogP contribution < -0.4 is 10.6 Å². The number of aromatic nitrogens is 1. The van der Waals surface area contributed by atoms with Gasteiger partial charge >= 0.3 is 12.0 Å². The van der Waals surface area contributed by atoms with Crippen molar-refractivity contribution in [2.45, 2.75) is 39.2 Å². The number of carboxylic acid groups (broad SMARTS) is 1. The molecule has 0 saturated heterocycles.